The second-order valence-electron chi connectivity index (χ2n) is 3.86. The lowest BCUT2D eigenvalue weighted by molar-refractivity contribution is -0.140. The standard InChI is InChI=1S/C11H19N3O4/c1-3-4-5-6-14(2)11(18)13-8(10(16)17)7-9(12)15/h3,8H,1,4-7H2,2H3,(H2,12,15)(H,13,18)(H,16,17)/t8-/m1/s1. The van der Waals surface area contributed by atoms with E-state index in [1.807, 2.05) is 0 Å². The van der Waals surface area contributed by atoms with Crippen LogP contribution in [0.1, 0.15) is 19.3 Å². The van der Waals surface area contributed by atoms with E-state index in [1.165, 1.54) is 4.90 Å². The molecule has 0 spiro atoms. The molecule has 0 aromatic rings. The topological polar surface area (TPSA) is 113 Å². The predicted octanol–water partition coefficient (Wildman–Crippen LogP) is -0.0774. The maximum atomic E-state index is 11.6. The molecule has 0 saturated heterocycles. The first kappa shape index (κ1) is 16.0. The Hall–Kier alpha value is -2.05. The third kappa shape index (κ3) is 6.51. The maximum absolute atomic E-state index is 11.6. The second-order valence-corrected chi connectivity index (χ2v) is 3.86. The molecule has 0 aromatic carbocycles. The van der Waals surface area contributed by atoms with Crippen LogP contribution in [0, 0.1) is 0 Å². The maximum Gasteiger partial charge on any atom is 0.326 e. The van der Waals surface area contributed by atoms with E-state index in [1.54, 1.807) is 13.1 Å². The number of urea groups is 1. The third-order valence-electron chi connectivity index (χ3n) is 2.25. The van der Waals surface area contributed by atoms with Gasteiger partial charge in [-0.05, 0) is 12.8 Å². The molecule has 102 valence electrons. The van der Waals surface area contributed by atoms with E-state index < -0.39 is 30.4 Å². The number of allylic oxidation sites excluding steroid dienone is 1. The summed E-state index contributed by atoms with van der Waals surface area (Å²) in [6.07, 6.45) is 2.81. The summed E-state index contributed by atoms with van der Waals surface area (Å²) in [5, 5.41) is 11.0. The zero-order chi connectivity index (χ0) is 14.1. The number of nitrogens with zero attached hydrogens (tertiary/aromatic N) is 1. The van der Waals surface area contributed by atoms with Gasteiger partial charge in [-0.15, -0.1) is 6.58 Å². The number of nitrogens with two attached hydrogens (primary N) is 1. The van der Waals surface area contributed by atoms with Crippen molar-refractivity contribution in [3.63, 3.8) is 0 Å². The molecule has 1 atom stereocenters. The van der Waals surface area contributed by atoms with E-state index >= 15 is 0 Å². The van der Waals surface area contributed by atoms with E-state index in [0.29, 0.717) is 6.54 Å². The molecule has 0 bridgehead atoms. The fourth-order valence-electron chi connectivity index (χ4n) is 1.23. The lowest BCUT2D eigenvalue weighted by Gasteiger charge is -2.20. The first-order valence-electron chi connectivity index (χ1n) is 5.52. The van der Waals surface area contributed by atoms with Gasteiger partial charge in [-0.3, -0.25) is 4.79 Å². The van der Waals surface area contributed by atoms with Gasteiger partial charge in [0.25, 0.3) is 0 Å². The second kappa shape index (κ2) is 8.10. The molecule has 0 rings (SSSR count). The van der Waals surface area contributed by atoms with Gasteiger partial charge in [0.1, 0.15) is 6.04 Å². The SMILES string of the molecule is C=CCCCN(C)C(=O)N[C@H](CC(N)=O)C(=O)O. The number of nitrogens with one attached hydrogen (secondary N) is 1. The van der Waals surface area contributed by atoms with Crippen LogP contribution in [0.2, 0.25) is 0 Å². The number of carbonyl (C=O) groups is 3. The fraction of sp³-hybridized carbons (Fsp3) is 0.545. The molecular formula is C11H19N3O4. The quantitative estimate of drug-likeness (QED) is 0.417. The van der Waals surface area contributed by atoms with Gasteiger partial charge in [-0.25, -0.2) is 9.59 Å². The van der Waals surface area contributed by atoms with Crippen LogP contribution < -0.4 is 11.1 Å². The summed E-state index contributed by atoms with van der Waals surface area (Å²) in [7, 11) is 1.54. The molecule has 0 fully saturated rings. The first-order valence-corrected chi connectivity index (χ1v) is 5.52. The van der Waals surface area contributed by atoms with Crippen molar-refractivity contribution < 1.29 is 19.5 Å². The molecule has 0 heterocycles. The lowest BCUT2D eigenvalue weighted by Crippen LogP contribution is -2.48. The van der Waals surface area contributed by atoms with Crippen LogP contribution in [0.25, 0.3) is 0 Å². The van der Waals surface area contributed by atoms with E-state index in [4.69, 9.17) is 10.8 Å². The minimum atomic E-state index is -1.29. The smallest absolute Gasteiger partial charge is 0.326 e. The normalized spacial score (nSPS) is 11.4. The average molecular weight is 257 g/mol. The van der Waals surface area contributed by atoms with E-state index in [9.17, 15) is 14.4 Å². The number of carboxylic acid groups (broad SMARTS) is 1. The molecule has 7 nitrogen and oxygen atoms in total. The summed E-state index contributed by atoms with van der Waals surface area (Å²) in [5.74, 6) is -2.07. The van der Waals surface area contributed by atoms with Crippen molar-refractivity contribution in [2.24, 2.45) is 5.73 Å². The lowest BCUT2D eigenvalue weighted by atomic mass is 10.2. The van der Waals surface area contributed by atoms with E-state index in [2.05, 4.69) is 11.9 Å². The van der Waals surface area contributed by atoms with Gasteiger partial charge in [-0.2, -0.15) is 0 Å². The number of aliphatic carboxylic acids is 1. The number of amides is 3. The van der Waals surface area contributed by atoms with Crippen molar-refractivity contribution in [2.45, 2.75) is 25.3 Å². The summed E-state index contributed by atoms with van der Waals surface area (Å²) in [5.41, 5.74) is 4.90. The minimum Gasteiger partial charge on any atom is -0.480 e. The van der Waals surface area contributed by atoms with Crippen molar-refractivity contribution in [1.29, 1.82) is 0 Å². The van der Waals surface area contributed by atoms with Crippen LogP contribution in [0.4, 0.5) is 4.79 Å². The molecule has 18 heavy (non-hydrogen) atoms. The Balaban J connectivity index is 4.27. The summed E-state index contributed by atoms with van der Waals surface area (Å²) < 4.78 is 0. The van der Waals surface area contributed by atoms with Crippen LogP contribution >= 0.6 is 0 Å². The highest BCUT2D eigenvalue weighted by molar-refractivity contribution is 5.87. The van der Waals surface area contributed by atoms with Gasteiger partial charge in [0.2, 0.25) is 5.91 Å². The van der Waals surface area contributed by atoms with Crippen LogP contribution in [-0.2, 0) is 9.59 Å². The molecule has 7 heteroatoms. The Morgan fingerprint density at radius 1 is 1.50 bits per heavy atom. The molecule has 0 saturated carbocycles. The molecule has 0 aromatic heterocycles. The van der Waals surface area contributed by atoms with Crippen molar-refractivity contribution in [2.75, 3.05) is 13.6 Å². The highest BCUT2D eigenvalue weighted by atomic mass is 16.4. The highest BCUT2D eigenvalue weighted by Crippen LogP contribution is 1.97. The third-order valence-corrected chi connectivity index (χ3v) is 2.25. The van der Waals surface area contributed by atoms with E-state index in [0.717, 1.165) is 12.8 Å². The van der Waals surface area contributed by atoms with Gasteiger partial charge in [-0.1, -0.05) is 6.08 Å². The molecular weight excluding hydrogens is 238 g/mol. The summed E-state index contributed by atoms with van der Waals surface area (Å²) in [6, 6.07) is -1.84. The highest BCUT2D eigenvalue weighted by Gasteiger charge is 2.23. The Bertz CT molecular complexity index is 330. The molecule has 3 amide bonds. The first-order chi connectivity index (χ1) is 8.38. The van der Waals surface area contributed by atoms with Crippen LogP contribution in [-0.4, -0.2) is 47.5 Å². The van der Waals surface area contributed by atoms with Crippen molar-refractivity contribution in [1.82, 2.24) is 10.2 Å². The average Bonchev–Trinajstić information content (AvgIpc) is 2.27. The monoisotopic (exact) mass is 257 g/mol. The molecule has 0 unspecified atom stereocenters. The predicted molar refractivity (Wildman–Crippen MR) is 65.8 cm³/mol. The Kier molecular flexibility index (Phi) is 7.18. The van der Waals surface area contributed by atoms with Gasteiger partial charge in [0.15, 0.2) is 0 Å². The van der Waals surface area contributed by atoms with Crippen LogP contribution in [0.3, 0.4) is 0 Å². The summed E-state index contributed by atoms with van der Waals surface area (Å²) >= 11 is 0. The number of primary amides is 1. The van der Waals surface area contributed by atoms with Gasteiger partial charge < -0.3 is 21.1 Å². The van der Waals surface area contributed by atoms with Crippen molar-refractivity contribution >= 4 is 17.9 Å². The number of rotatable bonds is 8. The van der Waals surface area contributed by atoms with Crippen molar-refractivity contribution in [3.8, 4) is 0 Å². The van der Waals surface area contributed by atoms with Crippen LogP contribution in [0.5, 0.6) is 0 Å². The number of carbonyl (C=O) groups excluding carboxylic acids is 2. The van der Waals surface area contributed by atoms with Gasteiger partial charge >= 0.3 is 12.0 Å². The molecule has 0 aliphatic carbocycles. The van der Waals surface area contributed by atoms with Crippen molar-refractivity contribution in [3.05, 3.63) is 12.7 Å². The molecule has 4 N–H and O–H groups in total. The Morgan fingerprint density at radius 3 is 2.56 bits per heavy atom. The van der Waals surface area contributed by atoms with E-state index in [-0.39, 0.29) is 0 Å². The zero-order valence-electron chi connectivity index (χ0n) is 10.4. The molecule has 0 radical (unpaired) electrons. The van der Waals surface area contributed by atoms with Crippen LogP contribution in [0.15, 0.2) is 12.7 Å². The minimum absolute atomic E-state index is 0.429. The molecule has 0 aliphatic rings. The zero-order valence-corrected chi connectivity index (χ0v) is 10.4. The number of carboxylic acids is 1. The largest absolute Gasteiger partial charge is 0.480 e. The summed E-state index contributed by atoms with van der Waals surface area (Å²) in [4.78, 5) is 34.4. The number of hydrogen-bond donors (Lipinski definition) is 3. The number of unbranched alkanes of at least 4 members (excludes halogenated alkanes) is 1. The fourth-order valence-corrected chi connectivity index (χ4v) is 1.23. The van der Waals surface area contributed by atoms with Gasteiger partial charge in [0.05, 0.1) is 6.42 Å². The summed E-state index contributed by atoms with van der Waals surface area (Å²) in [6.45, 7) is 4.03. The number of hydrogen-bond acceptors (Lipinski definition) is 3. The molecule has 0 aliphatic heterocycles. The van der Waals surface area contributed by atoms with Gasteiger partial charge in [0, 0.05) is 13.6 Å². The Labute approximate surface area is 106 Å². The Morgan fingerprint density at radius 2 is 2.11 bits per heavy atom.